The fraction of sp³-hybridized carbons (Fsp3) is 0.643. The molecule has 29 heavy (non-hydrogen) atoms. The Labute approximate surface area is 221 Å². The molecule has 2 aromatic carbocycles. The summed E-state index contributed by atoms with van der Waals surface area (Å²) >= 11 is 0. The zero-order valence-corrected chi connectivity index (χ0v) is 23.9. The number of fused-ring (bicyclic) bond motifs is 1. The molecule has 0 aliphatic rings. The average molecular weight is 518 g/mol. The van der Waals surface area contributed by atoms with Crippen molar-refractivity contribution in [2.45, 2.75) is 117 Å². The van der Waals surface area contributed by atoms with E-state index in [1.54, 1.807) is 11.1 Å². The third-order valence-corrected chi connectivity index (χ3v) is 6.22. The minimum atomic E-state index is 0. The quantitative estimate of drug-likeness (QED) is 0.154. The summed E-state index contributed by atoms with van der Waals surface area (Å²) in [5.41, 5.74) is 3.27. The van der Waals surface area contributed by atoms with Crippen molar-refractivity contribution >= 4 is 59.7 Å². The fourth-order valence-corrected chi connectivity index (χ4v) is 4.44. The standard InChI is InChI=1S/C28H44.Ba/c1-3-5-7-9-11-13-15-19-25-23-24-26-20-17-18-22-28(26)27(25)21-16-14-12-10-8-6-4-2;/h17-18,20,22-24H,3-16,19,21H2,1-2H3;. The summed E-state index contributed by atoms with van der Waals surface area (Å²) in [4.78, 5) is 0. The molecule has 0 aliphatic heterocycles. The van der Waals surface area contributed by atoms with Crippen LogP contribution in [0.25, 0.3) is 10.8 Å². The van der Waals surface area contributed by atoms with Crippen LogP contribution in [0.4, 0.5) is 0 Å². The largest absolute Gasteiger partial charge is 0.0654 e. The van der Waals surface area contributed by atoms with Crippen molar-refractivity contribution in [3.63, 3.8) is 0 Å². The second kappa shape index (κ2) is 17.9. The number of rotatable bonds is 16. The van der Waals surface area contributed by atoms with Gasteiger partial charge in [-0.3, -0.25) is 0 Å². The van der Waals surface area contributed by atoms with Crippen LogP contribution in [-0.2, 0) is 12.8 Å². The molecule has 0 fully saturated rings. The first-order valence-electron chi connectivity index (χ1n) is 12.4. The van der Waals surface area contributed by atoms with Gasteiger partial charge in [0.1, 0.15) is 0 Å². The molecule has 0 aliphatic carbocycles. The first kappa shape index (κ1) is 27.3. The third kappa shape index (κ3) is 10.9. The molecular weight excluding hydrogens is 474 g/mol. The van der Waals surface area contributed by atoms with Crippen molar-refractivity contribution in [1.82, 2.24) is 0 Å². The van der Waals surface area contributed by atoms with Gasteiger partial charge in [0, 0.05) is 48.9 Å². The molecule has 0 nitrogen and oxygen atoms in total. The van der Waals surface area contributed by atoms with Gasteiger partial charge in [-0.25, -0.2) is 0 Å². The molecule has 0 atom stereocenters. The molecule has 1 heteroatoms. The van der Waals surface area contributed by atoms with Crippen LogP contribution in [0.3, 0.4) is 0 Å². The van der Waals surface area contributed by atoms with Gasteiger partial charge in [0.2, 0.25) is 0 Å². The molecule has 2 radical (unpaired) electrons. The Kier molecular flexibility index (Phi) is 16.9. The first-order valence-corrected chi connectivity index (χ1v) is 12.4. The van der Waals surface area contributed by atoms with Gasteiger partial charge in [-0.1, -0.05) is 127 Å². The van der Waals surface area contributed by atoms with E-state index in [1.165, 1.54) is 114 Å². The summed E-state index contributed by atoms with van der Waals surface area (Å²) in [6.07, 6.45) is 22.1. The van der Waals surface area contributed by atoms with Gasteiger partial charge in [0.15, 0.2) is 0 Å². The predicted octanol–water partition coefficient (Wildman–Crippen LogP) is 9.05. The van der Waals surface area contributed by atoms with E-state index in [-0.39, 0.29) is 48.9 Å². The van der Waals surface area contributed by atoms with Crippen LogP contribution in [0.5, 0.6) is 0 Å². The van der Waals surface area contributed by atoms with Crippen LogP contribution in [0.1, 0.15) is 115 Å². The first-order chi connectivity index (χ1) is 13.9. The van der Waals surface area contributed by atoms with Crippen LogP contribution in [0.2, 0.25) is 0 Å². The second-order valence-corrected chi connectivity index (χ2v) is 8.67. The molecule has 0 spiro atoms. The summed E-state index contributed by atoms with van der Waals surface area (Å²) in [6, 6.07) is 13.8. The molecule has 0 amide bonds. The van der Waals surface area contributed by atoms with Crippen LogP contribution in [0.15, 0.2) is 36.4 Å². The Morgan fingerprint density at radius 2 is 1.03 bits per heavy atom. The van der Waals surface area contributed by atoms with E-state index in [1.807, 2.05) is 0 Å². The summed E-state index contributed by atoms with van der Waals surface area (Å²) in [6.45, 7) is 4.60. The van der Waals surface area contributed by atoms with E-state index >= 15 is 0 Å². The van der Waals surface area contributed by atoms with Gasteiger partial charge in [0.25, 0.3) is 0 Å². The van der Waals surface area contributed by atoms with E-state index < -0.39 is 0 Å². The number of hydrogen-bond donors (Lipinski definition) is 0. The topological polar surface area (TPSA) is 0 Å². The normalized spacial score (nSPS) is 11.0. The molecule has 0 saturated heterocycles. The molecule has 0 saturated carbocycles. The fourth-order valence-electron chi connectivity index (χ4n) is 4.44. The molecule has 2 aromatic rings. The van der Waals surface area contributed by atoms with E-state index in [9.17, 15) is 0 Å². The summed E-state index contributed by atoms with van der Waals surface area (Å²) in [5, 5.41) is 2.93. The second-order valence-electron chi connectivity index (χ2n) is 8.67. The zero-order chi connectivity index (χ0) is 19.9. The smallest absolute Gasteiger partial charge is 0 e. The number of hydrogen-bond acceptors (Lipinski definition) is 0. The number of aryl methyl sites for hydroxylation is 2. The summed E-state index contributed by atoms with van der Waals surface area (Å²) < 4.78 is 0. The van der Waals surface area contributed by atoms with E-state index in [2.05, 4.69) is 50.2 Å². The maximum absolute atomic E-state index is 2.43. The number of benzene rings is 2. The summed E-state index contributed by atoms with van der Waals surface area (Å²) in [5.74, 6) is 0. The molecule has 0 heterocycles. The molecule has 2 rings (SSSR count). The van der Waals surface area contributed by atoms with Gasteiger partial charge in [-0.2, -0.15) is 0 Å². The van der Waals surface area contributed by atoms with Crippen molar-refractivity contribution < 1.29 is 0 Å². The molecule has 158 valence electrons. The van der Waals surface area contributed by atoms with Gasteiger partial charge in [0.05, 0.1) is 0 Å². The molecule has 0 aromatic heterocycles. The van der Waals surface area contributed by atoms with Crippen LogP contribution < -0.4 is 0 Å². The number of unbranched alkanes of at least 4 members (excludes halogenated alkanes) is 12. The Morgan fingerprint density at radius 3 is 1.66 bits per heavy atom. The minimum absolute atomic E-state index is 0. The Bertz CT molecular complexity index is 646. The van der Waals surface area contributed by atoms with E-state index in [0.717, 1.165) is 0 Å². The van der Waals surface area contributed by atoms with Crippen molar-refractivity contribution in [2.24, 2.45) is 0 Å². The molecule has 0 unspecified atom stereocenters. The van der Waals surface area contributed by atoms with Crippen LogP contribution >= 0.6 is 0 Å². The van der Waals surface area contributed by atoms with Crippen LogP contribution in [-0.4, -0.2) is 48.9 Å². The van der Waals surface area contributed by atoms with Crippen molar-refractivity contribution in [1.29, 1.82) is 0 Å². The van der Waals surface area contributed by atoms with Crippen molar-refractivity contribution in [3.8, 4) is 0 Å². The Balaban J connectivity index is 0.00000420. The van der Waals surface area contributed by atoms with Gasteiger partial charge >= 0.3 is 0 Å². The summed E-state index contributed by atoms with van der Waals surface area (Å²) in [7, 11) is 0. The maximum Gasteiger partial charge on any atom is 0 e. The van der Waals surface area contributed by atoms with Gasteiger partial charge in [-0.05, 0) is 47.6 Å². The van der Waals surface area contributed by atoms with E-state index in [0.29, 0.717) is 0 Å². The maximum atomic E-state index is 2.43. The zero-order valence-electron chi connectivity index (χ0n) is 19.5. The van der Waals surface area contributed by atoms with Crippen molar-refractivity contribution in [3.05, 3.63) is 47.5 Å². The monoisotopic (exact) mass is 518 g/mol. The minimum Gasteiger partial charge on any atom is -0.0654 e. The predicted molar refractivity (Wildman–Crippen MR) is 133 cm³/mol. The Hall–Kier alpha value is 0.271. The van der Waals surface area contributed by atoms with Crippen molar-refractivity contribution in [2.75, 3.05) is 0 Å². The van der Waals surface area contributed by atoms with E-state index in [4.69, 9.17) is 0 Å². The third-order valence-electron chi connectivity index (χ3n) is 6.22. The SMILES string of the molecule is CCCCCCCCCc1ccc2ccccc2c1CCCCCCCCC.[Ba]. The Morgan fingerprint density at radius 1 is 0.517 bits per heavy atom. The average Bonchev–Trinajstić information content (AvgIpc) is 2.73. The van der Waals surface area contributed by atoms with Gasteiger partial charge < -0.3 is 0 Å². The molecule has 0 N–H and O–H groups in total. The van der Waals surface area contributed by atoms with Crippen LogP contribution in [0, 0.1) is 0 Å². The van der Waals surface area contributed by atoms with Gasteiger partial charge in [-0.15, -0.1) is 0 Å². The molecule has 0 bridgehead atoms. The molecular formula is C28H44Ba.